The third-order valence-electron chi connectivity index (χ3n) is 5.01. The molecule has 1 atom stereocenters. The summed E-state index contributed by atoms with van der Waals surface area (Å²) >= 11 is 1.63. The van der Waals surface area contributed by atoms with Crippen LogP contribution in [-0.4, -0.2) is 23.2 Å². The highest BCUT2D eigenvalue weighted by atomic mass is 32.2. The molecule has 8 heteroatoms. The van der Waals surface area contributed by atoms with E-state index in [0.29, 0.717) is 24.6 Å². The first kappa shape index (κ1) is 22.1. The van der Waals surface area contributed by atoms with E-state index in [2.05, 4.69) is 5.32 Å². The van der Waals surface area contributed by atoms with E-state index in [-0.39, 0.29) is 11.4 Å². The number of alkyl halides is 3. The molecule has 32 heavy (non-hydrogen) atoms. The zero-order chi connectivity index (χ0) is 22.6. The van der Waals surface area contributed by atoms with E-state index in [1.807, 2.05) is 54.6 Å². The molecule has 1 unspecified atom stereocenters. The van der Waals surface area contributed by atoms with Crippen LogP contribution in [0.4, 0.5) is 23.7 Å². The van der Waals surface area contributed by atoms with Gasteiger partial charge in [0, 0.05) is 18.0 Å². The van der Waals surface area contributed by atoms with Crippen molar-refractivity contribution in [1.82, 2.24) is 4.90 Å². The van der Waals surface area contributed by atoms with E-state index in [1.54, 1.807) is 16.7 Å². The largest absolute Gasteiger partial charge is 0.489 e. The van der Waals surface area contributed by atoms with Crippen molar-refractivity contribution >= 4 is 23.5 Å². The summed E-state index contributed by atoms with van der Waals surface area (Å²) in [6.07, 6.45) is -4.41. The van der Waals surface area contributed by atoms with Crippen LogP contribution in [0.2, 0.25) is 0 Å². The van der Waals surface area contributed by atoms with Crippen LogP contribution in [0.3, 0.4) is 0 Å². The maximum Gasteiger partial charge on any atom is 0.416 e. The van der Waals surface area contributed by atoms with Gasteiger partial charge in [-0.2, -0.15) is 13.2 Å². The van der Waals surface area contributed by atoms with Crippen LogP contribution in [0.1, 0.15) is 22.1 Å². The Morgan fingerprint density at radius 2 is 1.78 bits per heavy atom. The molecule has 3 aromatic carbocycles. The first-order valence-corrected chi connectivity index (χ1v) is 11.1. The minimum absolute atomic E-state index is 0.204. The summed E-state index contributed by atoms with van der Waals surface area (Å²) in [6, 6.07) is 21.6. The van der Waals surface area contributed by atoms with Gasteiger partial charge in [0.1, 0.15) is 17.7 Å². The van der Waals surface area contributed by atoms with Crippen molar-refractivity contribution in [3.63, 3.8) is 0 Å². The third-order valence-corrected chi connectivity index (χ3v) is 6.27. The standard InChI is InChI=1S/C24H21F3N2O2S/c25-24(26,27)19-9-11-20(12-10-19)28-23(30)29-13-14-32-22(29)18-7-4-8-21(15-18)31-16-17-5-2-1-3-6-17/h1-12,15,22H,13-14,16H2,(H,28,30). The summed E-state index contributed by atoms with van der Waals surface area (Å²) in [4.78, 5) is 14.5. The van der Waals surface area contributed by atoms with E-state index in [1.165, 1.54) is 12.1 Å². The number of urea groups is 1. The Kier molecular flexibility index (Phi) is 6.60. The molecule has 0 aromatic heterocycles. The minimum atomic E-state index is -4.41. The lowest BCUT2D eigenvalue weighted by atomic mass is 10.2. The molecule has 0 bridgehead atoms. The zero-order valence-electron chi connectivity index (χ0n) is 17.0. The molecular formula is C24H21F3N2O2S. The van der Waals surface area contributed by atoms with Crippen molar-refractivity contribution in [2.45, 2.75) is 18.2 Å². The molecule has 1 N–H and O–H groups in total. The number of carbonyl (C=O) groups excluding carboxylic acids is 1. The molecule has 1 heterocycles. The van der Waals surface area contributed by atoms with Gasteiger partial charge in [0.25, 0.3) is 0 Å². The Labute approximate surface area is 188 Å². The molecule has 2 amide bonds. The second-order valence-corrected chi connectivity index (χ2v) is 8.46. The van der Waals surface area contributed by atoms with Gasteiger partial charge in [-0.25, -0.2) is 4.79 Å². The number of hydrogen-bond donors (Lipinski definition) is 1. The van der Waals surface area contributed by atoms with Gasteiger partial charge in [0.05, 0.1) is 5.56 Å². The number of thioether (sulfide) groups is 1. The van der Waals surface area contributed by atoms with Crippen molar-refractivity contribution in [2.75, 3.05) is 17.6 Å². The summed E-state index contributed by atoms with van der Waals surface area (Å²) in [5, 5.41) is 2.49. The van der Waals surface area contributed by atoms with Crippen LogP contribution in [0.15, 0.2) is 78.9 Å². The number of anilines is 1. The number of halogens is 3. The van der Waals surface area contributed by atoms with Gasteiger partial charge < -0.3 is 15.0 Å². The Morgan fingerprint density at radius 1 is 1.03 bits per heavy atom. The molecule has 4 rings (SSSR count). The van der Waals surface area contributed by atoms with Gasteiger partial charge in [-0.3, -0.25) is 0 Å². The minimum Gasteiger partial charge on any atom is -0.489 e. The maximum atomic E-state index is 12.8. The highest BCUT2D eigenvalue weighted by Crippen LogP contribution is 2.39. The number of amides is 2. The first-order chi connectivity index (χ1) is 15.4. The summed E-state index contributed by atoms with van der Waals surface area (Å²) in [5.74, 6) is 1.47. The zero-order valence-corrected chi connectivity index (χ0v) is 17.8. The number of nitrogens with one attached hydrogen (secondary N) is 1. The fraction of sp³-hybridized carbons (Fsp3) is 0.208. The highest BCUT2D eigenvalue weighted by molar-refractivity contribution is 7.99. The van der Waals surface area contributed by atoms with Crippen molar-refractivity contribution in [3.05, 3.63) is 95.6 Å². The molecule has 3 aromatic rings. The molecular weight excluding hydrogens is 437 g/mol. The number of nitrogens with zero attached hydrogens (tertiary/aromatic N) is 1. The molecule has 0 radical (unpaired) electrons. The molecule has 1 aliphatic rings. The van der Waals surface area contributed by atoms with E-state index >= 15 is 0 Å². The van der Waals surface area contributed by atoms with Gasteiger partial charge >= 0.3 is 12.2 Å². The predicted molar refractivity (Wildman–Crippen MR) is 120 cm³/mol. The molecule has 1 saturated heterocycles. The molecule has 0 aliphatic carbocycles. The lowest BCUT2D eigenvalue weighted by Gasteiger charge is -2.25. The molecule has 0 spiro atoms. The van der Waals surface area contributed by atoms with Gasteiger partial charge in [0.2, 0.25) is 0 Å². The van der Waals surface area contributed by atoms with Crippen molar-refractivity contribution in [3.8, 4) is 5.75 Å². The second kappa shape index (κ2) is 9.56. The number of benzene rings is 3. The number of ether oxygens (including phenoxy) is 1. The van der Waals surface area contributed by atoms with Gasteiger partial charge in [0.15, 0.2) is 0 Å². The third kappa shape index (κ3) is 5.37. The Hall–Kier alpha value is -3.13. The summed E-state index contributed by atoms with van der Waals surface area (Å²) in [5.41, 5.74) is 1.56. The van der Waals surface area contributed by atoms with E-state index in [0.717, 1.165) is 29.0 Å². The van der Waals surface area contributed by atoms with Gasteiger partial charge in [-0.15, -0.1) is 11.8 Å². The number of hydrogen-bond acceptors (Lipinski definition) is 3. The Morgan fingerprint density at radius 3 is 2.50 bits per heavy atom. The van der Waals surface area contributed by atoms with Crippen molar-refractivity contribution < 1.29 is 22.7 Å². The average molecular weight is 459 g/mol. The SMILES string of the molecule is O=C(Nc1ccc(C(F)(F)F)cc1)N1CCSC1c1cccc(OCc2ccccc2)c1. The summed E-state index contributed by atoms with van der Waals surface area (Å²) < 4.78 is 44.1. The quantitative estimate of drug-likeness (QED) is 0.471. The molecule has 166 valence electrons. The second-order valence-electron chi connectivity index (χ2n) is 7.27. The van der Waals surface area contributed by atoms with Crippen LogP contribution >= 0.6 is 11.8 Å². The summed E-state index contributed by atoms with van der Waals surface area (Å²) in [6.45, 7) is 0.983. The lowest BCUT2D eigenvalue weighted by Crippen LogP contribution is -2.34. The smallest absolute Gasteiger partial charge is 0.416 e. The number of rotatable bonds is 5. The van der Waals surface area contributed by atoms with Crippen LogP contribution in [0, 0.1) is 0 Å². The fourth-order valence-electron chi connectivity index (χ4n) is 3.39. The van der Waals surface area contributed by atoms with Gasteiger partial charge in [-0.1, -0.05) is 42.5 Å². The molecule has 4 nitrogen and oxygen atoms in total. The fourth-order valence-corrected chi connectivity index (χ4v) is 4.64. The van der Waals surface area contributed by atoms with Crippen LogP contribution in [0.5, 0.6) is 5.75 Å². The molecule has 1 fully saturated rings. The lowest BCUT2D eigenvalue weighted by molar-refractivity contribution is -0.137. The van der Waals surface area contributed by atoms with Crippen LogP contribution in [0.25, 0.3) is 0 Å². The first-order valence-electron chi connectivity index (χ1n) is 10.0. The van der Waals surface area contributed by atoms with Crippen molar-refractivity contribution in [1.29, 1.82) is 0 Å². The Balaban J connectivity index is 1.42. The maximum absolute atomic E-state index is 12.8. The van der Waals surface area contributed by atoms with Crippen molar-refractivity contribution in [2.24, 2.45) is 0 Å². The highest BCUT2D eigenvalue weighted by Gasteiger charge is 2.32. The van der Waals surface area contributed by atoms with E-state index < -0.39 is 11.7 Å². The number of carbonyl (C=O) groups is 1. The van der Waals surface area contributed by atoms with Crippen LogP contribution in [-0.2, 0) is 12.8 Å². The normalized spacial score (nSPS) is 16.1. The summed E-state index contributed by atoms with van der Waals surface area (Å²) in [7, 11) is 0. The van der Waals surface area contributed by atoms with E-state index in [9.17, 15) is 18.0 Å². The molecule has 1 aliphatic heterocycles. The van der Waals surface area contributed by atoms with Crippen LogP contribution < -0.4 is 10.1 Å². The average Bonchev–Trinajstić information content (AvgIpc) is 3.29. The predicted octanol–water partition coefficient (Wildman–Crippen LogP) is 6.56. The van der Waals surface area contributed by atoms with E-state index in [4.69, 9.17) is 4.74 Å². The molecule has 0 saturated carbocycles. The van der Waals surface area contributed by atoms with Gasteiger partial charge in [-0.05, 0) is 47.5 Å². The Bertz CT molecular complexity index is 1060. The topological polar surface area (TPSA) is 41.6 Å². The monoisotopic (exact) mass is 458 g/mol.